The Balaban J connectivity index is -0.00000320. The van der Waals surface area contributed by atoms with Gasteiger partial charge in [0, 0.05) is 41.2 Å². The van der Waals surface area contributed by atoms with Crippen molar-refractivity contribution in [2.75, 3.05) is 30.5 Å². The predicted octanol–water partition coefficient (Wildman–Crippen LogP) is -11.3. The third-order valence-corrected chi connectivity index (χ3v) is 12.0. The molecule has 64 heavy (non-hydrogen) atoms. The van der Waals surface area contributed by atoms with Gasteiger partial charge in [-0.3, -0.25) is 8.74 Å². The molecular formula is C31H25CuN5Na5O17S5-. The van der Waals surface area contributed by atoms with Crippen molar-refractivity contribution in [2.24, 2.45) is 20.5 Å². The first-order chi connectivity index (χ1) is 26.8. The van der Waals surface area contributed by atoms with E-state index in [-0.39, 0.29) is 203 Å². The largest absolute Gasteiger partial charge is 1.00 e. The van der Waals surface area contributed by atoms with E-state index >= 15 is 0 Å². The van der Waals surface area contributed by atoms with Crippen LogP contribution >= 0.6 is 0 Å². The van der Waals surface area contributed by atoms with Crippen molar-refractivity contribution in [3.63, 3.8) is 0 Å². The van der Waals surface area contributed by atoms with E-state index in [4.69, 9.17) is 17.5 Å². The van der Waals surface area contributed by atoms with Gasteiger partial charge in [0.15, 0.2) is 9.84 Å². The third-order valence-electron chi connectivity index (χ3n) is 7.47. The van der Waals surface area contributed by atoms with Crippen molar-refractivity contribution in [1.29, 1.82) is 0 Å². The zero-order chi connectivity index (χ0) is 43.4. The molecule has 0 unspecified atom stereocenters. The Hall–Kier alpha value is 0.289. The van der Waals surface area contributed by atoms with E-state index in [9.17, 15) is 53.0 Å². The summed E-state index contributed by atoms with van der Waals surface area (Å²) in [6.07, 6.45) is 0. The predicted molar refractivity (Wildman–Crippen MR) is 199 cm³/mol. The maximum absolute atomic E-state index is 13.0. The van der Waals surface area contributed by atoms with Crippen LogP contribution in [-0.4, -0.2) is 95.7 Å². The molecule has 0 aliphatic rings. The normalized spacial score (nSPS) is 11.7. The monoisotopic (exact) mass is 1080 g/mol. The number of phenolic OH excluding ortho intramolecular Hbond substituents is 2. The van der Waals surface area contributed by atoms with Crippen LogP contribution in [0.1, 0.15) is 0 Å². The number of rotatable bonds is 13. The van der Waals surface area contributed by atoms with Gasteiger partial charge < -0.3 is 36.1 Å². The van der Waals surface area contributed by atoms with Crippen LogP contribution in [0.4, 0.5) is 28.4 Å². The second kappa shape index (κ2) is 28.2. The summed E-state index contributed by atoms with van der Waals surface area (Å²) in [5, 5.41) is 41.3. The summed E-state index contributed by atoms with van der Waals surface area (Å²) in [5.74, 6) is -2.64. The van der Waals surface area contributed by atoms with Crippen LogP contribution in [-0.2, 0) is 71.8 Å². The molecular weight excluding hydrogens is 1050 g/mol. The van der Waals surface area contributed by atoms with Gasteiger partial charge in [0.05, 0.1) is 27.8 Å². The molecule has 5 aromatic carbocycles. The zero-order valence-corrected chi connectivity index (χ0v) is 49.3. The molecule has 0 heterocycles. The first-order valence-electron chi connectivity index (χ1n) is 15.3. The molecule has 1 radical (unpaired) electrons. The fourth-order valence-corrected chi connectivity index (χ4v) is 8.12. The minimum absolute atomic E-state index is 0. The molecule has 0 atom stereocenters. The Labute approximate surface area is 489 Å². The van der Waals surface area contributed by atoms with Crippen molar-refractivity contribution in [3.05, 3.63) is 79.7 Å². The molecule has 0 aliphatic carbocycles. The number of benzene rings is 5. The van der Waals surface area contributed by atoms with E-state index in [0.717, 1.165) is 18.2 Å². The molecule has 4 N–H and O–H groups in total. The molecule has 0 saturated heterocycles. The van der Waals surface area contributed by atoms with Gasteiger partial charge in [-0.2, -0.15) is 45.7 Å². The van der Waals surface area contributed by atoms with E-state index in [2.05, 4.69) is 49.0 Å². The number of hydrogen-bond donors (Lipinski definition) is 4. The quantitative estimate of drug-likeness (QED) is 0.0280. The SMILES string of the molecule is O=S(=O)([O-])O.[CH2-]CS(=O)(=O)c1ccc(N=Nc2c(NC)ccc3c(O)c(N=Nc4ccc5c[c-]cc(S(=O)(=O)CCOS(=O)(=O)[O-])c5c4O)[c-]cc23)c(S(=O)(=O)[O-])c1.[Cu].[Na+].[Na+].[Na+].[Na+].[Na+]. The zero-order valence-electron chi connectivity index (χ0n) is 34.3. The Morgan fingerprint density at radius 1 is 0.719 bits per heavy atom. The number of anilines is 1. The molecule has 0 aliphatic heterocycles. The standard InChI is InChI=1S/C31H26N5O13S4.Cu.5Na.H2O4S/c1-3-50(39,40)19-8-12-22(27(17-19)52(43,44)45)33-36-29-20-9-14-24(30(37)21(20)10-13-23(29)32-2)34-35-25-11-7-18-5-4-6-26(28(18)31(25)38)51(41,42)16-15-49-53(46,47)48;;;;;;;1-5(2,3)4/h5-13,17,32,37-38H,1,3,15-16H2,2H3,(H,43,44,45)(H,46,47,48);;;;;;;(H2,1,2,3,4)/q-3;;5*+1;/p-3. The van der Waals surface area contributed by atoms with Crippen LogP contribution in [0.3, 0.4) is 0 Å². The summed E-state index contributed by atoms with van der Waals surface area (Å²) in [7, 11) is -22.1. The number of nitrogens with zero attached hydrogens (tertiary/aromatic N) is 4. The fraction of sp³-hybridized carbons (Fsp3) is 0.129. The average Bonchev–Trinajstić information content (AvgIpc) is 3.12. The molecule has 22 nitrogen and oxygen atoms in total. The van der Waals surface area contributed by atoms with Gasteiger partial charge in [0.2, 0.25) is 20.8 Å². The number of nitrogens with one attached hydrogen (secondary N) is 1. The second-order valence-electron chi connectivity index (χ2n) is 11.2. The van der Waals surface area contributed by atoms with Crippen LogP contribution in [0.5, 0.6) is 11.5 Å². The average molecular weight is 1080 g/mol. The Morgan fingerprint density at radius 3 is 1.84 bits per heavy atom. The first kappa shape index (κ1) is 68.6. The maximum Gasteiger partial charge on any atom is 1.00 e. The summed E-state index contributed by atoms with van der Waals surface area (Å²) in [6.45, 7) is 2.32. The summed E-state index contributed by atoms with van der Waals surface area (Å²) in [5.41, 5.74) is -0.585. The van der Waals surface area contributed by atoms with Crippen molar-refractivity contribution < 1.29 is 240 Å². The van der Waals surface area contributed by atoms with E-state index in [1.165, 1.54) is 43.4 Å². The van der Waals surface area contributed by atoms with Crippen LogP contribution in [0, 0.1) is 19.1 Å². The molecule has 0 aromatic heterocycles. The molecule has 323 valence electrons. The number of sulfone groups is 2. The Kier molecular flexibility index (Phi) is 30.2. The smallest absolute Gasteiger partial charge is 0.744 e. The summed E-state index contributed by atoms with van der Waals surface area (Å²) in [6, 6.07) is 17.4. The van der Waals surface area contributed by atoms with Gasteiger partial charge in [0.25, 0.3) is 0 Å². The number of phenols is 2. The minimum Gasteiger partial charge on any atom is -0.744 e. The van der Waals surface area contributed by atoms with E-state index < -0.39 is 101 Å². The Bertz CT molecular complexity index is 3070. The first-order valence-corrected chi connectivity index (χ1v) is 22.7. The van der Waals surface area contributed by atoms with Crippen LogP contribution in [0.15, 0.2) is 95.8 Å². The van der Waals surface area contributed by atoms with Crippen LogP contribution in [0.2, 0.25) is 0 Å². The van der Waals surface area contributed by atoms with E-state index in [1.54, 1.807) is 0 Å². The number of azo groups is 2. The van der Waals surface area contributed by atoms with E-state index in [0.29, 0.717) is 11.8 Å². The van der Waals surface area contributed by atoms with Crippen molar-refractivity contribution in [3.8, 4) is 11.5 Å². The van der Waals surface area contributed by atoms with Crippen molar-refractivity contribution in [1.82, 2.24) is 0 Å². The van der Waals surface area contributed by atoms with Gasteiger partial charge in [0.1, 0.15) is 37.1 Å². The number of aromatic hydroxyl groups is 2. The topological polar surface area (TPSA) is 371 Å². The van der Waals surface area contributed by atoms with Crippen LogP contribution in [0.25, 0.3) is 21.5 Å². The Morgan fingerprint density at radius 2 is 1.30 bits per heavy atom. The minimum atomic E-state index is -5.22. The molecule has 0 amide bonds. The molecule has 33 heteroatoms. The molecule has 5 rings (SSSR count). The maximum atomic E-state index is 13.0. The van der Waals surface area contributed by atoms with Gasteiger partial charge in [-0.25, -0.2) is 42.1 Å². The molecule has 0 bridgehead atoms. The fourth-order valence-electron chi connectivity index (χ4n) is 4.92. The number of hydrogen-bond acceptors (Lipinski definition) is 21. The summed E-state index contributed by atoms with van der Waals surface area (Å²) in [4.78, 5) is -1.86. The summed E-state index contributed by atoms with van der Waals surface area (Å²) >= 11 is 0. The van der Waals surface area contributed by atoms with Gasteiger partial charge in [-0.05, 0) is 35.2 Å². The third kappa shape index (κ3) is 18.9. The summed E-state index contributed by atoms with van der Waals surface area (Å²) < 4.78 is 156. The molecule has 0 saturated carbocycles. The molecule has 0 fully saturated rings. The van der Waals surface area contributed by atoms with Crippen molar-refractivity contribution >= 4 is 101 Å². The van der Waals surface area contributed by atoms with E-state index in [1.807, 2.05) is 0 Å². The number of fused-ring (bicyclic) bond motifs is 2. The van der Waals surface area contributed by atoms with Gasteiger partial charge >= 0.3 is 148 Å². The molecule has 0 spiro atoms. The van der Waals surface area contributed by atoms with Crippen molar-refractivity contribution in [2.45, 2.75) is 14.7 Å². The second-order valence-corrected chi connectivity index (χ2v) is 18.6. The van der Waals surface area contributed by atoms with Crippen LogP contribution < -0.4 is 153 Å². The molecule has 5 aromatic rings. The van der Waals surface area contributed by atoms with Gasteiger partial charge in [-0.1, -0.05) is 28.0 Å². The van der Waals surface area contributed by atoms with Gasteiger partial charge in [-0.15, -0.1) is 16.6 Å².